The first-order valence-electron chi connectivity index (χ1n) is 10.8. The van der Waals surface area contributed by atoms with Crippen LogP contribution in [0.5, 0.6) is 0 Å². The van der Waals surface area contributed by atoms with Crippen LogP contribution in [0.1, 0.15) is 27.5 Å². The van der Waals surface area contributed by atoms with Crippen molar-refractivity contribution in [1.29, 1.82) is 0 Å². The van der Waals surface area contributed by atoms with E-state index < -0.39 is 29.8 Å². The Morgan fingerprint density at radius 1 is 0.824 bits per heavy atom. The molecular formula is C26H17Cl2N3O3. The summed E-state index contributed by atoms with van der Waals surface area (Å²) in [6, 6.07) is 19.3. The number of benzene rings is 3. The van der Waals surface area contributed by atoms with Gasteiger partial charge in [0.25, 0.3) is 0 Å². The first-order valence-corrected chi connectivity index (χ1v) is 11.6. The molecule has 2 amide bonds. The summed E-state index contributed by atoms with van der Waals surface area (Å²) < 4.78 is 0. The maximum absolute atomic E-state index is 13.8. The average molecular weight is 490 g/mol. The van der Waals surface area contributed by atoms with Crippen LogP contribution < -0.4 is 4.90 Å². The van der Waals surface area contributed by atoms with E-state index in [0.29, 0.717) is 21.3 Å². The van der Waals surface area contributed by atoms with E-state index in [4.69, 9.17) is 23.2 Å². The third kappa shape index (κ3) is 3.02. The van der Waals surface area contributed by atoms with Crippen molar-refractivity contribution in [2.75, 3.05) is 4.90 Å². The van der Waals surface area contributed by atoms with Crippen molar-refractivity contribution in [2.24, 2.45) is 16.9 Å². The zero-order chi connectivity index (χ0) is 23.6. The van der Waals surface area contributed by atoms with Gasteiger partial charge in [-0.1, -0.05) is 53.5 Å². The van der Waals surface area contributed by atoms with Crippen molar-refractivity contribution in [3.63, 3.8) is 0 Å². The Labute approximate surface area is 205 Å². The molecule has 3 aromatic carbocycles. The van der Waals surface area contributed by atoms with Crippen molar-refractivity contribution in [1.82, 2.24) is 5.01 Å². The number of carbonyl (C=O) groups is 3. The Kier molecular flexibility index (Phi) is 4.83. The molecule has 8 heteroatoms. The maximum Gasteiger partial charge on any atom is 0.240 e. The predicted octanol–water partition coefficient (Wildman–Crippen LogP) is 4.75. The van der Waals surface area contributed by atoms with Crippen LogP contribution in [0.2, 0.25) is 10.0 Å². The monoisotopic (exact) mass is 489 g/mol. The van der Waals surface area contributed by atoms with Gasteiger partial charge in [0.1, 0.15) is 6.04 Å². The van der Waals surface area contributed by atoms with E-state index in [1.54, 1.807) is 59.8 Å². The number of rotatable bonds is 3. The van der Waals surface area contributed by atoms with Crippen LogP contribution in [-0.2, 0) is 9.59 Å². The summed E-state index contributed by atoms with van der Waals surface area (Å²) >= 11 is 12.2. The predicted molar refractivity (Wildman–Crippen MR) is 129 cm³/mol. The van der Waals surface area contributed by atoms with Crippen LogP contribution >= 0.6 is 23.2 Å². The number of imide groups is 1. The molecule has 6 rings (SSSR count). The highest BCUT2D eigenvalue weighted by atomic mass is 35.5. The van der Waals surface area contributed by atoms with Gasteiger partial charge in [-0.3, -0.25) is 19.4 Å². The second-order valence-electron chi connectivity index (χ2n) is 8.56. The van der Waals surface area contributed by atoms with E-state index >= 15 is 0 Å². The molecule has 168 valence electrons. The highest BCUT2D eigenvalue weighted by Gasteiger charge is 2.65. The number of ketones is 1. The minimum atomic E-state index is -0.929. The van der Waals surface area contributed by atoms with E-state index in [1.807, 2.05) is 24.3 Å². The highest BCUT2D eigenvalue weighted by molar-refractivity contribution is 6.32. The summed E-state index contributed by atoms with van der Waals surface area (Å²) in [7, 11) is 0. The van der Waals surface area contributed by atoms with Crippen LogP contribution in [-0.4, -0.2) is 34.9 Å². The molecule has 3 aliphatic heterocycles. The first-order chi connectivity index (χ1) is 16.5. The number of carbonyl (C=O) groups excluding carboxylic acids is 3. The zero-order valence-corrected chi connectivity index (χ0v) is 19.1. The third-order valence-electron chi connectivity index (χ3n) is 6.76. The molecule has 2 fully saturated rings. The lowest BCUT2D eigenvalue weighted by Crippen LogP contribution is -2.44. The quantitative estimate of drug-likeness (QED) is 0.393. The number of amides is 2. The standard InChI is InChI=1S/C26H17Cl2N3O3/c27-16-10-8-14(9-11-16)24(32)23-21-20(22-19-7-2-1-4-15(19)13-29-31(22)23)25(33)30(26(21)34)18-6-3-5-17(28)12-18/h1-13,20-23H/t20-,21+,22+,23-/m0/s1. The fraction of sp³-hybridized carbons (Fsp3) is 0.154. The number of anilines is 1. The number of hydrogen-bond acceptors (Lipinski definition) is 5. The van der Waals surface area contributed by atoms with Crippen LogP contribution in [0.15, 0.2) is 77.9 Å². The number of hydrazone groups is 1. The smallest absolute Gasteiger partial charge is 0.240 e. The molecule has 0 saturated carbocycles. The zero-order valence-electron chi connectivity index (χ0n) is 17.6. The van der Waals surface area contributed by atoms with Crippen LogP contribution in [0.4, 0.5) is 5.69 Å². The van der Waals surface area contributed by atoms with Gasteiger partial charge in [0.05, 0.1) is 29.8 Å². The molecule has 6 nitrogen and oxygen atoms in total. The molecular weight excluding hydrogens is 473 g/mol. The number of fused-ring (bicyclic) bond motifs is 5. The summed E-state index contributed by atoms with van der Waals surface area (Å²) in [5.74, 6) is -2.70. The minimum absolute atomic E-state index is 0.278. The maximum atomic E-state index is 13.8. The molecule has 0 radical (unpaired) electrons. The van der Waals surface area contributed by atoms with Gasteiger partial charge in [-0.05, 0) is 53.6 Å². The van der Waals surface area contributed by atoms with Gasteiger partial charge in [0.2, 0.25) is 11.8 Å². The number of halogens is 2. The molecule has 0 unspecified atom stereocenters. The molecule has 3 heterocycles. The van der Waals surface area contributed by atoms with Crippen LogP contribution in [0.3, 0.4) is 0 Å². The fourth-order valence-corrected chi connectivity index (χ4v) is 5.63. The summed E-state index contributed by atoms with van der Waals surface area (Å²) in [5, 5.41) is 7.12. The minimum Gasteiger partial charge on any atom is -0.292 e. The third-order valence-corrected chi connectivity index (χ3v) is 7.24. The topological polar surface area (TPSA) is 70.0 Å². The Morgan fingerprint density at radius 2 is 1.56 bits per heavy atom. The van der Waals surface area contributed by atoms with Crippen molar-refractivity contribution in [2.45, 2.75) is 12.1 Å². The highest BCUT2D eigenvalue weighted by Crippen LogP contribution is 2.53. The SMILES string of the molecule is O=C(c1ccc(Cl)cc1)[C@@H]1[C@@H]2C(=O)N(c3cccc(Cl)c3)C(=O)[C@@H]2[C@H]2c3ccccc3C=NN12. The van der Waals surface area contributed by atoms with Crippen molar-refractivity contribution in [3.8, 4) is 0 Å². The molecule has 0 bridgehead atoms. The Hall–Kier alpha value is -3.48. The lowest BCUT2D eigenvalue weighted by Gasteiger charge is -2.33. The van der Waals surface area contributed by atoms with Gasteiger partial charge in [-0.25, -0.2) is 4.90 Å². The second kappa shape index (κ2) is 7.79. The molecule has 0 spiro atoms. The van der Waals surface area contributed by atoms with Gasteiger partial charge in [-0.2, -0.15) is 5.10 Å². The Bertz CT molecular complexity index is 1390. The van der Waals surface area contributed by atoms with Gasteiger partial charge in [-0.15, -0.1) is 0 Å². The number of Topliss-reactive ketones (excluding diaryl/α,β-unsaturated/α-hetero) is 1. The molecule has 0 aliphatic carbocycles. The van der Waals surface area contributed by atoms with E-state index in [1.165, 1.54) is 4.90 Å². The Morgan fingerprint density at radius 3 is 2.32 bits per heavy atom. The lowest BCUT2D eigenvalue weighted by molar-refractivity contribution is -0.124. The molecule has 3 aliphatic rings. The molecule has 3 aromatic rings. The summed E-state index contributed by atoms with van der Waals surface area (Å²) in [6.45, 7) is 0. The fourth-order valence-electron chi connectivity index (χ4n) is 5.32. The average Bonchev–Trinajstić information content (AvgIpc) is 3.31. The summed E-state index contributed by atoms with van der Waals surface area (Å²) in [4.78, 5) is 42.5. The van der Waals surface area contributed by atoms with E-state index in [9.17, 15) is 14.4 Å². The van der Waals surface area contributed by atoms with Crippen molar-refractivity contribution in [3.05, 3.63) is 99.5 Å². The Balaban J connectivity index is 1.50. The lowest BCUT2D eigenvalue weighted by atomic mass is 9.83. The van der Waals surface area contributed by atoms with E-state index in [0.717, 1.165) is 11.1 Å². The van der Waals surface area contributed by atoms with E-state index in [2.05, 4.69) is 5.10 Å². The van der Waals surface area contributed by atoms with Gasteiger partial charge in [0.15, 0.2) is 5.78 Å². The molecule has 34 heavy (non-hydrogen) atoms. The second-order valence-corrected chi connectivity index (χ2v) is 9.43. The largest absolute Gasteiger partial charge is 0.292 e. The van der Waals surface area contributed by atoms with Gasteiger partial charge in [0, 0.05) is 15.6 Å². The first kappa shape index (κ1) is 21.1. The van der Waals surface area contributed by atoms with Crippen LogP contribution in [0, 0.1) is 11.8 Å². The summed E-state index contributed by atoms with van der Waals surface area (Å²) in [6.07, 6.45) is 1.68. The van der Waals surface area contributed by atoms with Gasteiger partial charge < -0.3 is 0 Å². The molecule has 2 saturated heterocycles. The van der Waals surface area contributed by atoms with Crippen molar-refractivity contribution >= 4 is 52.7 Å². The normalized spacial score (nSPS) is 24.8. The molecule has 0 N–H and O–H groups in total. The van der Waals surface area contributed by atoms with Crippen molar-refractivity contribution < 1.29 is 14.4 Å². The van der Waals surface area contributed by atoms with E-state index in [-0.39, 0.29) is 11.7 Å². The van der Waals surface area contributed by atoms with Gasteiger partial charge >= 0.3 is 0 Å². The number of hydrogen-bond donors (Lipinski definition) is 0. The molecule has 0 aromatic heterocycles. The number of nitrogens with zero attached hydrogens (tertiary/aromatic N) is 3. The van der Waals surface area contributed by atoms with Crippen LogP contribution in [0.25, 0.3) is 0 Å². The summed E-state index contributed by atoms with van der Waals surface area (Å²) in [5.41, 5.74) is 2.54. The molecule has 4 atom stereocenters.